The molecule has 32 heavy (non-hydrogen) atoms. The molecule has 1 aliphatic heterocycles. The van der Waals surface area contributed by atoms with Gasteiger partial charge < -0.3 is 4.74 Å². The van der Waals surface area contributed by atoms with Crippen molar-refractivity contribution in [3.05, 3.63) is 87.9 Å². The van der Waals surface area contributed by atoms with Crippen molar-refractivity contribution in [2.45, 2.75) is 19.3 Å². The molecular weight excluding hydrogens is 435 g/mol. The van der Waals surface area contributed by atoms with E-state index in [1.54, 1.807) is 6.07 Å². The van der Waals surface area contributed by atoms with Gasteiger partial charge in [-0.1, -0.05) is 36.4 Å². The van der Waals surface area contributed by atoms with Crippen LogP contribution in [0.3, 0.4) is 0 Å². The third-order valence-electron chi connectivity index (χ3n) is 6.56. The molecule has 0 radical (unpaired) electrons. The number of hydrogen-bond acceptors (Lipinski definition) is 3. The van der Waals surface area contributed by atoms with Gasteiger partial charge in [-0.15, -0.1) is 22.7 Å². The van der Waals surface area contributed by atoms with Crippen molar-refractivity contribution in [1.82, 2.24) is 0 Å². The summed E-state index contributed by atoms with van der Waals surface area (Å²) >= 11 is 3.14. The van der Waals surface area contributed by atoms with Gasteiger partial charge in [-0.2, -0.15) is 4.39 Å². The van der Waals surface area contributed by atoms with Gasteiger partial charge in [-0.25, -0.2) is 0 Å². The highest BCUT2D eigenvalue weighted by Gasteiger charge is 2.13. The van der Waals surface area contributed by atoms with Gasteiger partial charge in [0.25, 0.3) is 0 Å². The molecule has 0 saturated heterocycles. The Hall–Kier alpha value is -2.95. The van der Waals surface area contributed by atoms with Crippen LogP contribution in [0.5, 0.6) is 5.75 Å². The second-order valence-corrected chi connectivity index (χ2v) is 10.7. The SMILES string of the molecule is Fc1cc2ccc3cc4c(ccc5cc(CCc6ccc7c(c6)OCC7)sc54)cc3c2s1. The summed E-state index contributed by atoms with van der Waals surface area (Å²) in [5.74, 6) is 1.07. The van der Waals surface area contributed by atoms with Crippen molar-refractivity contribution in [2.75, 3.05) is 6.61 Å². The minimum atomic E-state index is -0.124. The van der Waals surface area contributed by atoms with E-state index in [1.807, 2.05) is 17.4 Å². The van der Waals surface area contributed by atoms with Crippen LogP contribution in [0.2, 0.25) is 0 Å². The Morgan fingerprint density at radius 2 is 1.44 bits per heavy atom. The molecule has 0 bridgehead atoms. The number of thiophene rings is 2. The molecule has 0 N–H and O–H groups in total. The Labute approximate surface area is 192 Å². The molecule has 0 spiro atoms. The van der Waals surface area contributed by atoms with Gasteiger partial charge in [-0.05, 0) is 75.8 Å². The molecule has 4 aromatic carbocycles. The first-order valence-corrected chi connectivity index (χ1v) is 12.6. The normalized spacial score (nSPS) is 13.4. The van der Waals surface area contributed by atoms with Gasteiger partial charge in [-0.3, -0.25) is 0 Å². The fourth-order valence-corrected chi connectivity index (χ4v) is 7.02. The van der Waals surface area contributed by atoms with Crippen LogP contribution in [0, 0.1) is 5.13 Å². The number of hydrogen-bond donors (Lipinski definition) is 0. The van der Waals surface area contributed by atoms with Crippen LogP contribution in [-0.2, 0) is 19.3 Å². The molecule has 0 unspecified atom stereocenters. The third kappa shape index (κ3) is 2.94. The van der Waals surface area contributed by atoms with Crippen molar-refractivity contribution in [1.29, 1.82) is 0 Å². The maximum atomic E-state index is 13.8. The summed E-state index contributed by atoms with van der Waals surface area (Å²) in [6.07, 6.45) is 3.08. The van der Waals surface area contributed by atoms with Crippen molar-refractivity contribution >= 4 is 64.4 Å². The Kier molecular flexibility index (Phi) is 4.08. The van der Waals surface area contributed by atoms with Gasteiger partial charge >= 0.3 is 0 Å². The molecule has 4 heteroatoms. The Bertz CT molecular complexity index is 1670. The minimum Gasteiger partial charge on any atom is -0.493 e. The summed E-state index contributed by atoms with van der Waals surface area (Å²) in [5.41, 5.74) is 2.67. The van der Waals surface area contributed by atoms with Crippen LogP contribution in [0.1, 0.15) is 16.0 Å². The van der Waals surface area contributed by atoms with E-state index in [0.29, 0.717) is 0 Å². The average Bonchev–Trinajstić information content (AvgIpc) is 3.53. The Morgan fingerprint density at radius 3 is 2.25 bits per heavy atom. The van der Waals surface area contributed by atoms with Gasteiger partial charge in [0, 0.05) is 31.5 Å². The van der Waals surface area contributed by atoms with Crippen LogP contribution in [-0.4, -0.2) is 6.61 Å². The number of benzene rings is 4. The van der Waals surface area contributed by atoms with Crippen molar-refractivity contribution in [2.24, 2.45) is 0 Å². The molecule has 6 aromatic rings. The zero-order valence-electron chi connectivity index (χ0n) is 17.3. The van der Waals surface area contributed by atoms with Gasteiger partial charge in [0.05, 0.1) is 6.61 Å². The summed E-state index contributed by atoms with van der Waals surface area (Å²) < 4.78 is 22.0. The van der Waals surface area contributed by atoms with E-state index in [4.69, 9.17) is 4.74 Å². The first kappa shape index (κ1) is 18.6. The molecule has 0 amide bonds. The lowest BCUT2D eigenvalue weighted by Crippen LogP contribution is -1.90. The van der Waals surface area contributed by atoms with Crippen LogP contribution < -0.4 is 4.74 Å². The maximum Gasteiger partial charge on any atom is 0.177 e. The van der Waals surface area contributed by atoms with E-state index < -0.39 is 0 Å². The van der Waals surface area contributed by atoms with Crippen molar-refractivity contribution in [3.8, 4) is 5.75 Å². The lowest BCUT2D eigenvalue weighted by molar-refractivity contribution is 0.356. The van der Waals surface area contributed by atoms with E-state index in [0.717, 1.165) is 47.1 Å². The van der Waals surface area contributed by atoms with Gasteiger partial charge in [0.2, 0.25) is 0 Å². The monoisotopic (exact) mass is 454 g/mol. The summed E-state index contributed by atoms with van der Waals surface area (Å²) in [7, 11) is 0. The van der Waals surface area contributed by atoms with Crippen LogP contribution in [0.25, 0.3) is 41.7 Å². The molecule has 156 valence electrons. The van der Waals surface area contributed by atoms with Crippen LogP contribution >= 0.6 is 22.7 Å². The molecule has 1 nitrogen and oxygen atoms in total. The van der Waals surface area contributed by atoms with Crippen LogP contribution in [0.4, 0.5) is 4.39 Å². The summed E-state index contributed by atoms with van der Waals surface area (Å²) in [6.45, 7) is 0.809. The molecule has 0 saturated carbocycles. The largest absolute Gasteiger partial charge is 0.493 e. The summed E-state index contributed by atoms with van der Waals surface area (Å²) in [6, 6.07) is 23.7. The average molecular weight is 455 g/mol. The predicted octanol–water partition coefficient (Wildman–Crippen LogP) is 8.28. The lowest BCUT2D eigenvalue weighted by Gasteiger charge is -2.05. The molecule has 0 fully saturated rings. The fourth-order valence-electron chi connectivity index (χ4n) is 4.92. The highest BCUT2D eigenvalue weighted by atomic mass is 32.1. The number of halogens is 1. The predicted molar refractivity (Wildman–Crippen MR) is 135 cm³/mol. The maximum absolute atomic E-state index is 13.8. The first-order valence-electron chi connectivity index (χ1n) is 10.9. The quantitative estimate of drug-likeness (QED) is 0.244. The van der Waals surface area contributed by atoms with E-state index >= 15 is 0 Å². The number of fused-ring (bicyclic) bond motifs is 7. The summed E-state index contributed by atoms with van der Waals surface area (Å²) in [4.78, 5) is 1.41. The molecule has 3 heterocycles. The van der Waals surface area contributed by atoms with E-state index in [9.17, 15) is 4.39 Å². The smallest absolute Gasteiger partial charge is 0.177 e. The van der Waals surface area contributed by atoms with Gasteiger partial charge in [0.1, 0.15) is 5.75 Å². The van der Waals surface area contributed by atoms with Crippen LogP contribution in [0.15, 0.2) is 66.7 Å². The highest BCUT2D eigenvalue weighted by molar-refractivity contribution is 7.20. The molecule has 2 aromatic heterocycles. The van der Waals surface area contributed by atoms with E-state index in [-0.39, 0.29) is 5.13 Å². The second kappa shape index (κ2) is 7.03. The Balaban J connectivity index is 1.28. The fraction of sp³-hybridized carbons (Fsp3) is 0.143. The number of aryl methyl sites for hydroxylation is 2. The molecule has 0 aliphatic carbocycles. The summed E-state index contributed by atoms with van der Waals surface area (Å²) in [5, 5.41) is 6.98. The minimum absolute atomic E-state index is 0.124. The third-order valence-corrected chi connectivity index (χ3v) is 8.78. The lowest BCUT2D eigenvalue weighted by atomic mass is 10.0. The zero-order chi connectivity index (χ0) is 21.2. The molecule has 0 atom stereocenters. The van der Waals surface area contributed by atoms with E-state index in [2.05, 4.69) is 54.6 Å². The topological polar surface area (TPSA) is 9.23 Å². The molecule has 1 aliphatic rings. The molecule has 7 rings (SSSR count). The van der Waals surface area contributed by atoms with Crippen molar-refractivity contribution in [3.63, 3.8) is 0 Å². The molecular formula is C28H19FOS2. The standard InChI is InChI=1S/C28H19FOS2/c29-26-15-21-7-5-19-13-23-18(14-24(19)28(21)32-26)4-6-20-12-22(31-27(20)23)8-2-16-1-3-17-9-10-30-25(17)11-16/h1,3-7,11-15H,2,8-10H2. The van der Waals surface area contributed by atoms with Crippen molar-refractivity contribution < 1.29 is 9.13 Å². The van der Waals surface area contributed by atoms with Gasteiger partial charge in [0.15, 0.2) is 5.13 Å². The number of ether oxygens (including phenoxy) is 1. The highest BCUT2D eigenvalue weighted by Crippen LogP contribution is 2.39. The Morgan fingerprint density at radius 1 is 0.719 bits per heavy atom. The second-order valence-electron chi connectivity index (χ2n) is 8.57. The first-order chi connectivity index (χ1) is 15.7. The van der Waals surface area contributed by atoms with E-state index in [1.165, 1.54) is 53.6 Å². The number of rotatable bonds is 3. The zero-order valence-corrected chi connectivity index (χ0v) is 18.9.